The average Bonchev–Trinajstić information content (AvgIpc) is 3.76. The van der Waals surface area contributed by atoms with Crippen molar-refractivity contribution < 1.29 is 94.1 Å². The summed E-state index contributed by atoms with van der Waals surface area (Å²) in [5, 5.41) is 113. The maximum atomic E-state index is 14.4. The van der Waals surface area contributed by atoms with Crippen molar-refractivity contribution in [3.63, 3.8) is 0 Å². The summed E-state index contributed by atoms with van der Waals surface area (Å²) < 4.78 is 41.9. The van der Waals surface area contributed by atoms with Crippen LogP contribution in [-0.4, -0.2) is 193 Å². The summed E-state index contributed by atoms with van der Waals surface area (Å²) in [5.74, 6) is 2.00. The summed E-state index contributed by atoms with van der Waals surface area (Å²) in [6, 6.07) is 0. The predicted octanol–water partition coefficient (Wildman–Crippen LogP) is -1.65. The van der Waals surface area contributed by atoms with Crippen LogP contribution in [0.25, 0.3) is 0 Å². The van der Waals surface area contributed by atoms with Crippen molar-refractivity contribution in [1.82, 2.24) is 0 Å². The van der Waals surface area contributed by atoms with E-state index in [0.717, 1.165) is 31.4 Å². The molecule has 4 aliphatic heterocycles. The number of hydrogen-bond acceptors (Lipinski definition) is 19. The summed E-state index contributed by atoms with van der Waals surface area (Å²) in [5.41, 5.74) is 0.939. The van der Waals surface area contributed by atoms with Crippen molar-refractivity contribution in [2.75, 3.05) is 26.4 Å². The van der Waals surface area contributed by atoms with Crippen molar-refractivity contribution in [1.29, 1.82) is 0 Å². The van der Waals surface area contributed by atoms with E-state index in [1.807, 2.05) is 6.92 Å². The van der Waals surface area contributed by atoms with Gasteiger partial charge >= 0.3 is 0 Å². The van der Waals surface area contributed by atoms with Gasteiger partial charge in [0.05, 0.1) is 38.3 Å². The van der Waals surface area contributed by atoms with E-state index in [-0.39, 0.29) is 53.0 Å². The van der Waals surface area contributed by atoms with Gasteiger partial charge in [-0.15, -0.1) is 0 Å². The van der Waals surface area contributed by atoms with Gasteiger partial charge in [0.1, 0.15) is 85.1 Å². The molecule has 64 heavy (non-hydrogen) atoms. The summed E-state index contributed by atoms with van der Waals surface area (Å²) in [6.07, 6.45) is -16.2. The van der Waals surface area contributed by atoms with Crippen molar-refractivity contribution in [3.8, 4) is 0 Å². The second kappa shape index (κ2) is 19.1. The second-order valence-electron chi connectivity index (χ2n) is 20.8. The van der Waals surface area contributed by atoms with Gasteiger partial charge in [-0.05, 0) is 91.9 Å². The number of ketones is 1. The minimum atomic E-state index is -1.79. The van der Waals surface area contributed by atoms with Gasteiger partial charge in [0, 0.05) is 24.7 Å². The lowest BCUT2D eigenvalue weighted by atomic mass is 9.44. The molecular weight excluding hydrogens is 844 g/mol. The number of carbonyl (C=O) groups excluding carboxylic acids is 1. The largest absolute Gasteiger partial charge is 0.494 e. The number of fused-ring (bicyclic) bond motifs is 7. The van der Waals surface area contributed by atoms with Crippen molar-refractivity contribution >= 4 is 5.78 Å². The fourth-order valence-corrected chi connectivity index (χ4v) is 13.5. The molecule has 4 heterocycles. The standard InChI is InChI=1S/C45H72O19/c1-18(17-58-41-38(56)35(53)32(50)28(14-46)61-41)5-6-26-19(2)31-27(60-26)13-23-21-12-25(49)24-11-20(7-9-44(24,3)22(21)8-10-45(23,31)4)59-43-40(37(55)34(52)30(16-48)63-43)64-42-39(57)36(54)33(51)29(15-47)62-42/h18,20-24,27-43,46-48,50-57H,5-17H2,1-4H3/t18-,20+,21?,22?,23?,24+,27?,28-,29-,30-,31?,32-,33-,34+,35+,36+,37+,38-,39-,40-,41-,42+,43+,44-,45+/m1/s1. The SMILES string of the molecule is CC1=C(CC[C@@H](C)CO[C@@H]2O[C@H](CO)[C@@H](O)[C@H](O)[C@H]2O)OC2CC3C4CC(=O)[C@@H]5C[C@@H](O[C@H]6O[C@H](CO)[C@H](O)[C@H](O)[C@H]6O[C@@H]6O[C@H](CO)[C@@H](O)[C@H](O)[C@H]6O)CC[C@]5(C)C4CC[C@]3(C)C12. The van der Waals surface area contributed by atoms with E-state index in [9.17, 15) is 61.0 Å². The first-order valence-corrected chi connectivity index (χ1v) is 23.4. The summed E-state index contributed by atoms with van der Waals surface area (Å²) in [6.45, 7) is 7.19. The zero-order valence-electron chi connectivity index (χ0n) is 37.2. The minimum absolute atomic E-state index is 0.0273. The Bertz CT molecular complexity index is 1660. The maximum absolute atomic E-state index is 14.4. The molecule has 0 radical (unpaired) electrons. The molecule has 0 amide bonds. The molecule has 5 unspecified atom stereocenters. The highest BCUT2D eigenvalue weighted by Crippen LogP contribution is 2.69. The first kappa shape index (κ1) is 49.0. The fourth-order valence-electron chi connectivity index (χ4n) is 13.5. The normalized spacial score (nSPS) is 52.1. The highest BCUT2D eigenvalue weighted by atomic mass is 16.8. The Hall–Kier alpha value is -1.47. The van der Waals surface area contributed by atoms with Gasteiger partial charge in [0.2, 0.25) is 0 Å². The number of aliphatic hydroxyl groups is 11. The monoisotopic (exact) mass is 916 g/mol. The van der Waals surface area contributed by atoms with Crippen LogP contribution in [-0.2, 0) is 38.0 Å². The molecule has 3 saturated heterocycles. The molecule has 8 rings (SSSR count). The van der Waals surface area contributed by atoms with E-state index in [1.54, 1.807) is 0 Å². The highest BCUT2D eigenvalue weighted by Gasteiger charge is 2.66. The first-order chi connectivity index (χ1) is 30.4. The number of hydrogen-bond donors (Lipinski definition) is 11. The quantitative estimate of drug-likeness (QED) is 0.0923. The van der Waals surface area contributed by atoms with E-state index in [4.69, 9.17) is 33.2 Å². The Morgan fingerprint density at radius 3 is 1.91 bits per heavy atom. The van der Waals surface area contributed by atoms with E-state index in [0.29, 0.717) is 43.9 Å². The summed E-state index contributed by atoms with van der Waals surface area (Å²) >= 11 is 0. The number of carbonyl (C=O) groups is 1. The van der Waals surface area contributed by atoms with Crippen LogP contribution >= 0.6 is 0 Å². The van der Waals surface area contributed by atoms with Crippen molar-refractivity contribution in [2.24, 2.45) is 46.3 Å². The number of rotatable bonds is 13. The van der Waals surface area contributed by atoms with Gasteiger partial charge in [-0.25, -0.2) is 0 Å². The van der Waals surface area contributed by atoms with Crippen LogP contribution in [0.15, 0.2) is 11.3 Å². The molecule has 19 heteroatoms. The molecule has 4 aliphatic carbocycles. The van der Waals surface area contributed by atoms with E-state index in [1.165, 1.54) is 5.57 Å². The van der Waals surface area contributed by atoms with Crippen molar-refractivity contribution in [2.45, 2.75) is 190 Å². The average molecular weight is 917 g/mol. The Kier molecular flexibility index (Phi) is 14.6. The van der Waals surface area contributed by atoms with Crippen LogP contribution in [0.1, 0.15) is 85.5 Å². The Morgan fingerprint density at radius 2 is 1.27 bits per heavy atom. The molecule has 8 aliphatic rings. The van der Waals surface area contributed by atoms with E-state index < -0.39 is 118 Å². The van der Waals surface area contributed by atoms with Gasteiger partial charge in [0.15, 0.2) is 18.9 Å². The molecule has 7 fully saturated rings. The van der Waals surface area contributed by atoms with Crippen LogP contribution in [0.2, 0.25) is 0 Å². The van der Waals surface area contributed by atoms with Gasteiger partial charge in [0.25, 0.3) is 0 Å². The van der Waals surface area contributed by atoms with Gasteiger partial charge < -0.3 is 89.3 Å². The lowest BCUT2D eigenvalue weighted by Gasteiger charge is -2.60. The summed E-state index contributed by atoms with van der Waals surface area (Å²) in [7, 11) is 0. The van der Waals surface area contributed by atoms with Gasteiger partial charge in [-0.2, -0.15) is 0 Å². The number of aliphatic hydroxyl groups excluding tert-OH is 11. The molecule has 4 saturated carbocycles. The van der Waals surface area contributed by atoms with Gasteiger partial charge in [-0.1, -0.05) is 20.8 Å². The van der Waals surface area contributed by atoms with Crippen LogP contribution in [0.3, 0.4) is 0 Å². The van der Waals surface area contributed by atoms with Crippen LogP contribution in [0, 0.1) is 46.3 Å². The smallest absolute Gasteiger partial charge is 0.187 e. The van der Waals surface area contributed by atoms with Gasteiger partial charge in [-0.3, -0.25) is 4.79 Å². The zero-order valence-corrected chi connectivity index (χ0v) is 37.2. The molecule has 0 aromatic carbocycles. The van der Waals surface area contributed by atoms with Crippen LogP contribution < -0.4 is 0 Å². The fraction of sp³-hybridized carbons (Fsp3) is 0.933. The second-order valence-corrected chi connectivity index (χ2v) is 20.8. The molecule has 19 nitrogen and oxygen atoms in total. The molecule has 0 bridgehead atoms. The molecule has 11 N–H and O–H groups in total. The molecule has 0 spiro atoms. The Morgan fingerprint density at radius 1 is 0.688 bits per heavy atom. The molecule has 0 aromatic rings. The maximum Gasteiger partial charge on any atom is 0.187 e. The van der Waals surface area contributed by atoms with E-state index in [2.05, 4.69) is 20.8 Å². The number of allylic oxidation sites excluding steroid dienone is 1. The topological polar surface area (TPSA) is 304 Å². The molecular formula is C45H72O19. The van der Waals surface area contributed by atoms with Crippen molar-refractivity contribution in [3.05, 3.63) is 11.3 Å². The highest BCUT2D eigenvalue weighted by molar-refractivity contribution is 5.83. The molecule has 25 atom stereocenters. The lowest BCUT2D eigenvalue weighted by molar-refractivity contribution is -0.373. The number of Topliss-reactive ketones (excluding diaryl/α,β-unsaturated/α-hetero) is 1. The summed E-state index contributed by atoms with van der Waals surface area (Å²) in [4.78, 5) is 14.4. The van der Waals surface area contributed by atoms with Crippen LogP contribution in [0.5, 0.6) is 0 Å². The third-order valence-corrected chi connectivity index (χ3v) is 17.2. The Balaban J connectivity index is 0.890. The third-order valence-electron chi connectivity index (χ3n) is 17.2. The lowest BCUT2D eigenvalue weighted by Crippen LogP contribution is -2.65. The predicted molar refractivity (Wildman–Crippen MR) is 218 cm³/mol. The Labute approximate surface area is 373 Å². The first-order valence-electron chi connectivity index (χ1n) is 23.4. The minimum Gasteiger partial charge on any atom is -0.494 e. The number of ether oxygens (including phenoxy) is 7. The van der Waals surface area contributed by atoms with E-state index >= 15 is 0 Å². The van der Waals surface area contributed by atoms with Crippen LogP contribution in [0.4, 0.5) is 0 Å². The molecule has 0 aromatic heterocycles. The third kappa shape index (κ3) is 8.54. The zero-order chi connectivity index (χ0) is 46.2. The molecule has 366 valence electrons.